The molecule has 158 valence electrons. The van der Waals surface area contributed by atoms with Crippen LogP contribution in [0.4, 0.5) is 0 Å². The Hall–Kier alpha value is -3.34. The van der Waals surface area contributed by atoms with Crippen molar-refractivity contribution in [1.82, 2.24) is 10.2 Å². The van der Waals surface area contributed by atoms with Gasteiger partial charge in [-0.05, 0) is 5.56 Å². The number of carbonyl (C=O) groups is 4. The molecule has 2 heterocycles. The van der Waals surface area contributed by atoms with E-state index >= 15 is 0 Å². The summed E-state index contributed by atoms with van der Waals surface area (Å²) in [4.78, 5) is 53.3. The number of thioether (sulfide) groups is 1. The zero-order valence-electron chi connectivity index (χ0n) is 15.9. The number of benzene rings is 1. The van der Waals surface area contributed by atoms with Crippen LogP contribution in [0.2, 0.25) is 0 Å². The van der Waals surface area contributed by atoms with E-state index in [0.29, 0.717) is 5.57 Å². The molecule has 2 aliphatic rings. The Labute approximate surface area is 175 Å². The highest BCUT2D eigenvalue weighted by molar-refractivity contribution is 8.00. The summed E-state index contributed by atoms with van der Waals surface area (Å²) < 4.78 is 4.87. The van der Waals surface area contributed by atoms with Crippen molar-refractivity contribution in [3.05, 3.63) is 47.2 Å². The molecule has 1 unspecified atom stereocenters. The topological polar surface area (TPSA) is 135 Å². The quantitative estimate of drug-likeness (QED) is 0.262. The lowest BCUT2D eigenvalue weighted by molar-refractivity contribution is -0.150. The van der Waals surface area contributed by atoms with Gasteiger partial charge in [-0.2, -0.15) is 0 Å². The van der Waals surface area contributed by atoms with Crippen LogP contribution in [-0.4, -0.2) is 63.7 Å². The van der Waals surface area contributed by atoms with Crippen molar-refractivity contribution in [3.63, 3.8) is 0 Å². The van der Waals surface area contributed by atoms with Gasteiger partial charge in [-0.15, -0.1) is 11.8 Å². The summed E-state index contributed by atoms with van der Waals surface area (Å²) in [6.07, 6.45) is 0.923. The highest BCUT2D eigenvalue weighted by atomic mass is 32.2. The molecule has 1 aromatic carbocycles. The number of nitrogens with zero attached hydrogens (tertiary/aromatic N) is 2. The number of aliphatic carboxylic acids is 1. The van der Waals surface area contributed by atoms with Crippen LogP contribution in [0.1, 0.15) is 12.5 Å². The first-order valence-corrected chi connectivity index (χ1v) is 9.96. The van der Waals surface area contributed by atoms with Crippen molar-refractivity contribution in [1.29, 1.82) is 0 Å². The molecule has 0 aliphatic carbocycles. The SMILES string of the molecule is CC(=O)OCC1=C(C(=O)O)N2C(=O)[C@@H](NC(=O)/C=N/OCc3ccccc3)C2SC1. The summed E-state index contributed by atoms with van der Waals surface area (Å²) in [6, 6.07) is 8.38. The van der Waals surface area contributed by atoms with E-state index in [1.807, 2.05) is 30.3 Å². The van der Waals surface area contributed by atoms with Crippen LogP contribution in [0, 0.1) is 0 Å². The number of β-lactam (4-membered cyclic amide) rings is 1. The van der Waals surface area contributed by atoms with E-state index in [-0.39, 0.29) is 24.7 Å². The van der Waals surface area contributed by atoms with Crippen molar-refractivity contribution in [2.24, 2.45) is 5.16 Å². The number of nitrogens with one attached hydrogen (secondary N) is 1. The lowest BCUT2D eigenvalue weighted by Gasteiger charge is -2.49. The number of rotatable bonds is 8. The third-order valence-electron chi connectivity index (χ3n) is 4.32. The second-order valence-electron chi connectivity index (χ2n) is 6.43. The molecule has 0 radical (unpaired) electrons. The van der Waals surface area contributed by atoms with E-state index < -0.39 is 35.2 Å². The van der Waals surface area contributed by atoms with Crippen LogP contribution in [-0.2, 0) is 35.4 Å². The van der Waals surface area contributed by atoms with Crippen LogP contribution in [0.3, 0.4) is 0 Å². The minimum absolute atomic E-state index is 0.192. The molecule has 11 heteroatoms. The van der Waals surface area contributed by atoms with E-state index in [9.17, 15) is 24.3 Å². The Balaban J connectivity index is 1.56. The summed E-state index contributed by atoms with van der Waals surface area (Å²) in [5.74, 6) is -2.78. The molecular weight excluding hydrogens is 414 g/mol. The minimum atomic E-state index is -1.29. The average Bonchev–Trinajstić information content (AvgIpc) is 2.73. The smallest absolute Gasteiger partial charge is 0.352 e. The second-order valence-corrected chi connectivity index (χ2v) is 7.53. The van der Waals surface area contributed by atoms with E-state index in [0.717, 1.165) is 16.7 Å². The van der Waals surface area contributed by atoms with E-state index in [2.05, 4.69) is 10.5 Å². The average molecular weight is 433 g/mol. The molecule has 0 aromatic heterocycles. The van der Waals surface area contributed by atoms with Gasteiger partial charge in [0, 0.05) is 18.2 Å². The number of hydrogen-bond acceptors (Lipinski definition) is 8. The highest BCUT2D eigenvalue weighted by Crippen LogP contribution is 2.40. The van der Waals surface area contributed by atoms with Gasteiger partial charge in [0.15, 0.2) is 0 Å². The van der Waals surface area contributed by atoms with Gasteiger partial charge in [0.25, 0.3) is 11.8 Å². The third-order valence-corrected chi connectivity index (χ3v) is 5.66. The maximum absolute atomic E-state index is 12.5. The van der Waals surface area contributed by atoms with Gasteiger partial charge in [0.05, 0.1) is 0 Å². The molecule has 2 N–H and O–H groups in total. The molecule has 10 nitrogen and oxygen atoms in total. The molecule has 0 spiro atoms. The number of amides is 2. The Kier molecular flexibility index (Phi) is 6.72. The standard InChI is InChI=1S/C19H19N3O7S/c1-11(23)28-9-13-10-30-18-15(17(25)22(18)16(13)19(26)27)21-14(24)7-20-29-8-12-5-3-2-4-6-12/h2-7,15,18H,8-10H2,1H3,(H,21,24)(H,26,27)/b20-7+/t15-,18?/m1/s1. The fraction of sp³-hybridized carbons (Fsp3) is 0.316. The highest BCUT2D eigenvalue weighted by Gasteiger charge is 2.54. The minimum Gasteiger partial charge on any atom is -0.477 e. The van der Waals surface area contributed by atoms with Gasteiger partial charge < -0.3 is 20.0 Å². The zero-order chi connectivity index (χ0) is 21.7. The van der Waals surface area contributed by atoms with Crippen molar-refractivity contribution in [2.75, 3.05) is 12.4 Å². The summed E-state index contributed by atoms with van der Waals surface area (Å²) >= 11 is 1.28. The Morgan fingerprint density at radius 1 is 1.30 bits per heavy atom. The van der Waals surface area contributed by atoms with E-state index in [1.165, 1.54) is 18.7 Å². The molecule has 2 atom stereocenters. The van der Waals surface area contributed by atoms with Crippen LogP contribution in [0.15, 0.2) is 46.8 Å². The number of fused-ring (bicyclic) bond motifs is 1. The number of carbonyl (C=O) groups excluding carboxylic acids is 3. The van der Waals surface area contributed by atoms with Gasteiger partial charge in [0.2, 0.25) is 0 Å². The van der Waals surface area contributed by atoms with Gasteiger partial charge in [-0.1, -0.05) is 35.5 Å². The summed E-state index contributed by atoms with van der Waals surface area (Å²) in [6.45, 7) is 1.20. The number of ether oxygens (including phenoxy) is 1. The number of carboxylic acid groups (broad SMARTS) is 1. The van der Waals surface area contributed by atoms with Crippen LogP contribution in [0.5, 0.6) is 0 Å². The van der Waals surface area contributed by atoms with E-state index in [1.54, 1.807) is 0 Å². The fourth-order valence-corrected chi connectivity index (χ4v) is 4.27. The molecule has 0 saturated carbocycles. The molecule has 1 aromatic rings. The van der Waals surface area contributed by atoms with Gasteiger partial charge >= 0.3 is 11.9 Å². The molecular formula is C19H19N3O7S. The van der Waals surface area contributed by atoms with Crippen LogP contribution in [0.25, 0.3) is 0 Å². The Morgan fingerprint density at radius 3 is 2.70 bits per heavy atom. The number of esters is 1. The number of oxime groups is 1. The summed E-state index contributed by atoms with van der Waals surface area (Å²) in [5.41, 5.74) is 0.999. The largest absolute Gasteiger partial charge is 0.477 e. The van der Waals surface area contributed by atoms with Crippen molar-refractivity contribution in [3.8, 4) is 0 Å². The molecule has 0 bridgehead atoms. The Bertz CT molecular complexity index is 916. The maximum atomic E-state index is 12.5. The summed E-state index contributed by atoms with van der Waals surface area (Å²) in [5, 5.41) is 15.0. The van der Waals surface area contributed by atoms with Crippen molar-refractivity contribution >= 4 is 41.7 Å². The maximum Gasteiger partial charge on any atom is 0.352 e. The van der Waals surface area contributed by atoms with Crippen molar-refractivity contribution in [2.45, 2.75) is 24.9 Å². The predicted octanol–water partition coefficient (Wildman–Crippen LogP) is 0.491. The first-order chi connectivity index (χ1) is 14.4. The predicted molar refractivity (Wildman–Crippen MR) is 106 cm³/mol. The normalized spacial score (nSPS) is 20.4. The van der Waals surface area contributed by atoms with Crippen molar-refractivity contribution < 1.29 is 33.9 Å². The molecule has 3 rings (SSSR count). The third kappa shape index (κ3) is 4.79. The number of carboxylic acids is 1. The van der Waals surface area contributed by atoms with Gasteiger partial charge in [0.1, 0.15) is 36.5 Å². The molecule has 1 fully saturated rings. The molecule has 30 heavy (non-hydrogen) atoms. The zero-order valence-corrected chi connectivity index (χ0v) is 16.8. The van der Waals surface area contributed by atoms with Gasteiger partial charge in [-0.25, -0.2) is 4.79 Å². The summed E-state index contributed by atoms with van der Waals surface area (Å²) in [7, 11) is 0. The first kappa shape index (κ1) is 21.4. The van der Waals surface area contributed by atoms with Crippen LogP contribution < -0.4 is 5.32 Å². The lowest BCUT2D eigenvalue weighted by atomic mass is 10.0. The van der Waals surface area contributed by atoms with Crippen LogP contribution >= 0.6 is 11.8 Å². The number of hydrogen-bond donors (Lipinski definition) is 2. The molecule has 2 amide bonds. The first-order valence-electron chi connectivity index (χ1n) is 8.91. The molecule has 2 aliphatic heterocycles. The second kappa shape index (κ2) is 9.44. The lowest BCUT2D eigenvalue weighted by Crippen LogP contribution is -2.70. The fourth-order valence-electron chi connectivity index (χ4n) is 2.94. The molecule has 1 saturated heterocycles. The van der Waals surface area contributed by atoms with E-state index in [4.69, 9.17) is 9.57 Å². The van der Waals surface area contributed by atoms with Gasteiger partial charge in [-0.3, -0.25) is 19.3 Å². The monoisotopic (exact) mass is 433 g/mol. The Morgan fingerprint density at radius 2 is 2.03 bits per heavy atom.